The van der Waals surface area contributed by atoms with Gasteiger partial charge >= 0.3 is 0 Å². The van der Waals surface area contributed by atoms with E-state index in [1.54, 1.807) is 11.0 Å². The van der Waals surface area contributed by atoms with Crippen molar-refractivity contribution in [3.8, 4) is 11.4 Å². The van der Waals surface area contributed by atoms with Crippen LogP contribution in [0.4, 0.5) is 5.69 Å². The van der Waals surface area contributed by atoms with Crippen LogP contribution in [0, 0.1) is 0 Å². The van der Waals surface area contributed by atoms with Crippen LogP contribution < -0.4 is 5.32 Å². The Kier molecular flexibility index (Phi) is 4.19. The van der Waals surface area contributed by atoms with Crippen molar-refractivity contribution in [1.29, 1.82) is 0 Å². The molecule has 0 atom stereocenters. The fourth-order valence-corrected chi connectivity index (χ4v) is 2.66. The van der Waals surface area contributed by atoms with Crippen LogP contribution in [0.2, 0.25) is 0 Å². The zero-order valence-corrected chi connectivity index (χ0v) is 13.6. The molecule has 128 valence electrons. The second-order valence-electron chi connectivity index (χ2n) is 6.07. The van der Waals surface area contributed by atoms with E-state index in [0.717, 1.165) is 29.9 Å². The molecule has 2 aromatic heterocycles. The molecule has 9 nitrogen and oxygen atoms in total. The molecule has 9 heteroatoms. The first-order valence-electron chi connectivity index (χ1n) is 8.30. The van der Waals surface area contributed by atoms with Gasteiger partial charge in [0.1, 0.15) is 12.7 Å². The van der Waals surface area contributed by atoms with E-state index in [9.17, 15) is 4.79 Å². The van der Waals surface area contributed by atoms with Crippen molar-refractivity contribution in [3.05, 3.63) is 36.9 Å². The van der Waals surface area contributed by atoms with Gasteiger partial charge in [0.25, 0.3) is 0 Å². The van der Waals surface area contributed by atoms with Crippen LogP contribution in [0.15, 0.2) is 36.9 Å². The van der Waals surface area contributed by atoms with Gasteiger partial charge < -0.3 is 5.32 Å². The number of nitrogens with one attached hydrogen (secondary N) is 1. The number of amides is 1. The minimum Gasteiger partial charge on any atom is -0.326 e. The van der Waals surface area contributed by atoms with Gasteiger partial charge in [-0.3, -0.25) is 9.48 Å². The van der Waals surface area contributed by atoms with E-state index < -0.39 is 0 Å². The van der Waals surface area contributed by atoms with Crippen LogP contribution in [0.1, 0.15) is 31.7 Å². The monoisotopic (exact) mass is 338 g/mol. The molecule has 25 heavy (non-hydrogen) atoms. The minimum atomic E-state index is -0.0287. The zero-order valence-electron chi connectivity index (χ0n) is 13.6. The Balaban J connectivity index is 1.37. The number of hydrogen-bond acceptors (Lipinski definition) is 6. The Morgan fingerprint density at radius 1 is 1.32 bits per heavy atom. The van der Waals surface area contributed by atoms with Gasteiger partial charge in [-0.05, 0) is 41.8 Å². The van der Waals surface area contributed by atoms with Gasteiger partial charge in [-0.1, -0.05) is 12.1 Å². The quantitative estimate of drug-likeness (QED) is 0.703. The second-order valence-corrected chi connectivity index (χ2v) is 6.07. The fourth-order valence-electron chi connectivity index (χ4n) is 2.66. The van der Waals surface area contributed by atoms with Gasteiger partial charge in [-0.2, -0.15) is 5.10 Å². The molecule has 1 aromatic carbocycles. The Morgan fingerprint density at radius 3 is 3.04 bits per heavy atom. The largest absolute Gasteiger partial charge is 0.326 e. The Bertz CT molecular complexity index is 853. The maximum Gasteiger partial charge on any atom is 0.224 e. The van der Waals surface area contributed by atoms with Crippen molar-refractivity contribution < 1.29 is 4.79 Å². The summed E-state index contributed by atoms with van der Waals surface area (Å²) in [6.45, 7) is 0.670. The average molecular weight is 338 g/mol. The highest BCUT2D eigenvalue weighted by Crippen LogP contribution is 2.36. The van der Waals surface area contributed by atoms with Crippen molar-refractivity contribution in [2.75, 3.05) is 5.32 Å². The van der Waals surface area contributed by atoms with Crippen LogP contribution in [-0.2, 0) is 11.3 Å². The van der Waals surface area contributed by atoms with E-state index >= 15 is 0 Å². The number of aryl methyl sites for hydroxylation is 1. The first-order valence-corrected chi connectivity index (χ1v) is 8.30. The highest BCUT2D eigenvalue weighted by atomic mass is 16.1. The fraction of sp³-hybridized carbons (Fsp3) is 0.375. The number of carbonyl (C=O) groups is 1. The van der Waals surface area contributed by atoms with Crippen LogP contribution >= 0.6 is 0 Å². The van der Waals surface area contributed by atoms with Crippen molar-refractivity contribution in [1.82, 2.24) is 35.0 Å². The molecule has 1 aliphatic rings. The summed E-state index contributed by atoms with van der Waals surface area (Å²) in [5.41, 5.74) is 1.64. The molecular formula is C16H18N8O. The first kappa shape index (κ1) is 15.4. The molecule has 0 radical (unpaired) electrons. The van der Waals surface area contributed by atoms with Gasteiger partial charge in [0.05, 0.1) is 6.04 Å². The molecule has 0 saturated heterocycles. The molecule has 0 bridgehead atoms. The van der Waals surface area contributed by atoms with E-state index in [2.05, 4.69) is 30.9 Å². The molecule has 4 rings (SSSR count). The summed E-state index contributed by atoms with van der Waals surface area (Å²) < 4.78 is 3.57. The Hall–Kier alpha value is -3.10. The number of tetrazole rings is 1. The molecule has 0 aliphatic heterocycles. The summed E-state index contributed by atoms with van der Waals surface area (Å²) in [4.78, 5) is 16.0. The SMILES string of the molecule is O=C(CCCn1cncn1)Nc1cccc(-c2nnnn2C2CC2)c1. The minimum absolute atomic E-state index is 0.0287. The van der Waals surface area contributed by atoms with E-state index in [1.807, 2.05) is 28.9 Å². The molecule has 1 saturated carbocycles. The van der Waals surface area contributed by atoms with Crippen molar-refractivity contribution >= 4 is 11.6 Å². The van der Waals surface area contributed by atoms with Crippen LogP contribution in [0.3, 0.4) is 0 Å². The number of carbonyl (C=O) groups excluding carboxylic acids is 1. The zero-order chi connectivity index (χ0) is 17.1. The third-order valence-corrected chi connectivity index (χ3v) is 4.05. The summed E-state index contributed by atoms with van der Waals surface area (Å²) in [6.07, 6.45) is 6.48. The highest BCUT2D eigenvalue weighted by Gasteiger charge is 2.28. The number of nitrogens with zero attached hydrogens (tertiary/aromatic N) is 7. The number of benzene rings is 1. The highest BCUT2D eigenvalue weighted by molar-refractivity contribution is 5.91. The lowest BCUT2D eigenvalue weighted by Crippen LogP contribution is -2.12. The summed E-state index contributed by atoms with van der Waals surface area (Å²) in [6, 6.07) is 8.02. The van der Waals surface area contributed by atoms with E-state index in [4.69, 9.17) is 0 Å². The molecular weight excluding hydrogens is 320 g/mol. The molecule has 3 aromatic rings. The summed E-state index contributed by atoms with van der Waals surface area (Å²) in [5, 5.41) is 18.9. The van der Waals surface area contributed by atoms with E-state index in [0.29, 0.717) is 25.4 Å². The maximum absolute atomic E-state index is 12.1. The lowest BCUT2D eigenvalue weighted by Gasteiger charge is -2.08. The van der Waals surface area contributed by atoms with Crippen molar-refractivity contribution in [2.24, 2.45) is 0 Å². The van der Waals surface area contributed by atoms with E-state index in [-0.39, 0.29) is 5.91 Å². The van der Waals surface area contributed by atoms with Crippen LogP contribution in [-0.4, -0.2) is 40.9 Å². The lowest BCUT2D eigenvalue weighted by atomic mass is 10.2. The first-order chi connectivity index (χ1) is 12.3. The predicted molar refractivity (Wildman–Crippen MR) is 89.4 cm³/mol. The van der Waals surface area contributed by atoms with Gasteiger partial charge in [0, 0.05) is 24.2 Å². The number of rotatable bonds is 7. The number of hydrogen-bond donors (Lipinski definition) is 1. The molecule has 0 spiro atoms. The molecule has 1 aliphatic carbocycles. The lowest BCUT2D eigenvalue weighted by molar-refractivity contribution is -0.116. The molecule has 2 heterocycles. The predicted octanol–water partition coefficient (Wildman–Crippen LogP) is 1.69. The smallest absolute Gasteiger partial charge is 0.224 e. The normalized spacial score (nSPS) is 13.8. The topological polar surface area (TPSA) is 103 Å². The third kappa shape index (κ3) is 3.70. The molecule has 1 fully saturated rings. The number of aromatic nitrogens is 7. The van der Waals surface area contributed by atoms with Gasteiger partial charge in [-0.15, -0.1) is 5.10 Å². The van der Waals surface area contributed by atoms with Crippen molar-refractivity contribution in [2.45, 2.75) is 38.3 Å². The molecule has 1 N–H and O–H groups in total. The third-order valence-electron chi connectivity index (χ3n) is 4.05. The van der Waals surface area contributed by atoms with Crippen LogP contribution in [0.5, 0.6) is 0 Å². The summed E-state index contributed by atoms with van der Waals surface area (Å²) >= 11 is 0. The molecule has 0 unspecified atom stereocenters. The standard InChI is InChI=1S/C16H18N8O/c25-15(5-2-8-23-11-17-10-18-23)19-13-4-1-3-12(9-13)16-20-21-22-24(16)14-6-7-14/h1,3-4,9-11,14H,2,5-8H2,(H,19,25). The number of anilines is 1. The van der Waals surface area contributed by atoms with Crippen molar-refractivity contribution in [3.63, 3.8) is 0 Å². The van der Waals surface area contributed by atoms with Gasteiger partial charge in [-0.25, -0.2) is 9.67 Å². The molecule has 1 amide bonds. The summed E-state index contributed by atoms with van der Waals surface area (Å²) in [7, 11) is 0. The van der Waals surface area contributed by atoms with E-state index in [1.165, 1.54) is 6.33 Å². The van der Waals surface area contributed by atoms with Crippen LogP contribution in [0.25, 0.3) is 11.4 Å². The second kappa shape index (κ2) is 6.80. The van der Waals surface area contributed by atoms with Gasteiger partial charge in [0.15, 0.2) is 5.82 Å². The van der Waals surface area contributed by atoms with Gasteiger partial charge in [0.2, 0.25) is 5.91 Å². The Morgan fingerprint density at radius 2 is 2.24 bits per heavy atom. The Labute approximate surface area is 144 Å². The maximum atomic E-state index is 12.1. The summed E-state index contributed by atoms with van der Waals surface area (Å²) in [5.74, 6) is 0.712. The average Bonchev–Trinajstić information content (AvgIpc) is 3.11.